The number of carbonyl (C=O) groups is 3. The van der Waals surface area contributed by atoms with Crippen molar-refractivity contribution >= 4 is 29.0 Å². The molecule has 1 aromatic heterocycles. The zero-order chi connectivity index (χ0) is 25.6. The molecule has 1 saturated heterocycles. The molecule has 1 aromatic carbocycles. The Labute approximate surface area is 205 Å². The van der Waals surface area contributed by atoms with E-state index in [2.05, 4.69) is 15.0 Å². The van der Waals surface area contributed by atoms with Gasteiger partial charge >= 0.3 is 6.36 Å². The Kier molecular flexibility index (Phi) is 6.09. The van der Waals surface area contributed by atoms with Gasteiger partial charge in [0, 0.05) is 38.0 Å². The number of aromatic nitrogens is 1. The number of likely N-dealkylation sites (tertiary alicyclic amines) is 1. The van der Waals surface area contributed by atoms with Gasteiger partial charge in [0.25, 0.3) is 11.8 Å². The Balaban J connectivity index is 1.51. The van der Waals surface area contributed by atoms with Gasteiger partial charge in [-0.2, -0.15) is 0 Å². The molecule has 3 aliphatic rings. The first-order chi connectivity index (χ1) is 17.1. The van der Waals surface area contributed by atoms with Crippen LogP contribution in [0.4, 0.5) is 24.5 Å². The van der Waals surface area contributed by atoms with Gasteiger partial charge in [-0.1, -0.05) is 0 Å². The molecule has 0 unspecified atom stereocenters. The molecule has 0 spiro atoms. The number of ether oxygens (including phenoxy) is 1. The second-order valence-electron chi connectivity index (χ2n) is 9.44. The minimum absolute atomic E-state index is 0.0215. The molecule has 2 amide bonds. The van der Waals surface area contributed by atoms with Crippen LogP contribution in [-0.2, 0) is 17.8 Å². The first kappa shape index (κ1) is 24.1. The van der Waals surface area contributed by atoms with Gasteiger partial charge in [0.05, 0.1) is 34.9 Å². The van der Waals surface area contributed by atoms with E-state index in [1.165, 1.54) is 23.1 Å². The molecule has 1 N–H and O–H groups in total. The van der Waals surface area contributed by atoms with E-state index in [-0.39, 0.29) is 59.0 Å². The van der Waals surface area contributed by atoms with Crippen LogP contribution in [0.5, 0.6) is 5.75 Å². The summed E-state index contributed by atoms with van der Waals surface area (Å²) in [5.41, 5.74) is 1.36. The number of halogens is 3. The lowest BCUT2D eigenvalue weighted by Crippen LogP contribution is -2.27. The molecule has 3 heterocycles. The van der Waals surface area contributed by atoms with Crippen LogP contribution >= 0.6 is 0 Å². The summed E-state index contributed by atoms with van der Waals surface area (Å²) in [4.78, 5) is 45.4. The molecule has 0 atom stereocenters. The highest BCUT2D eigenvalue weighted by Crippen LogP contribution is 2.37. The summed E-state index contributed by atoms with van der Waals surface area (Å²) >= 11 is 0. The van der Waals surface area contributed by atoms with Gasteiger partial charge in [-0.25, -0.2) is 0 Å². The van der Waals surface area contributed by atoms with E-state index in [4.69, 9.17) is 0 Å². The minimum Gasteiger partial charge on any atom is -0.404 e. The number of nitrogens with zero attached hydrogens (tertiary/aromatic N) is 3. The fourth-order valence-electron chi connectivity index (χ4n) is 4.63. The Hall–Kier alpha value is -3.63. The molecule has 0 radical (unpaired) electrons. The van der Waals surface area contributed by atoms with E-state index in [0.29, 0.717) is 24.5 Å². The number of rotatable bonds is 7. The summed E-state index contributed by atoms with van der Waals surface area (Å²) in [6, 6.07) is 5.34. The van der Waals surface area contributed by atoms with Gasteiger partial charge in [0.15, 0.2) is 5.75 Å². The second kappa shape index (κ2) is 9.11. The number of ketones is 1. The minimum atomic E-state index is -5.00. The van der Waals surface area contributed by atoms with Crippen molar-refractivity contribution in [1.82, 2.24) is 14.8 Å². The van der Waals surface area contributed by atoms with Crippen LogP contribution in [0, 0.1) is 5.92 Å². The average Bonchev–Trinajstić information content (AvgIpc) is 3.44. The number of hydrogen-bond acceptors (Lipinski definition) is 6. The fraction of sp³-hybridized carbons (Fsp3) is 0.440. The molecule has 36 heavy (non-hydrogen) atoms. The average molecular weight is 502 g/mol. The number of pyridine rings is 1. The monoisotopic (exact) mass is 502 g/mol. The molecule has 2 aromatic rings. The van der Waals surface area contributed by atoms with Crippen molar-refractivity contribution in [1.29, 1.82) is 0 Å². The maximum absolute atomic E-state index is 13.3. The lowest BCUT2D eigenvalue weighted by molar-refractivity contribution is -0.274. The molecule has 1 saturated carbocycles. The smallest absolute Gasteiger partial charge is 0.404 e. The standard InChI is InChI=1S/C25H25F3N4O4/c1-31-13-19-22(24(31)35)18(11-16(29-19)12-20(33)14-4-5-14)30-17-7-6-15(10-21(17)36-25(26,27)28)23(34)32-8-2-3-9-32/h6-7,10-11,14H,2-5,8-9,12-13H2,1H3,(H,29,30). The van der Waals surface area contributed by atoms with E-state index in [1.54, 1.807) is 11.9 Å². The molecule has 2 aliphatic heterocycles. The molecule has 11 heteroatoms. The maximum Gasteiger partial charge on any atom is 0.573 e. The Morgan fingerprint density at radius 3 is 2.53 bits per heavy atom. The summed E-state index contributed by atoms with van der Waals surface area (Å²) in [6.45, 7) is 1.33. The number of fused-ring (bicyclic) bond motifs is 1. The summed E-state index contributed by atoms with van der Waals surface area (Å²) in [5.74, 6) is -1.22. The Bertz CT molecular complexity index is 1240. The highest BCUT2D eigenvalue weighted by atomic mass is 19.4. The summed E-state index contributed by atoms with van der Waals surface area (Å²) in [6.07, 6.45) is -1.53. The van der Waals surface area contributed by atoms with Gasteiger partial charge in [0.1, 0.15) is 5.78 Å². The molecule has 5 rings (SSSR count). The third-order valence-electron chi connectivity index (χ3n) is 6.60. The topological polar surface area (TPSA) is 91.8 Å². The van der Waals surface area contributed by atoms with E-state index in [0.717, 1.165) is 31.7 Å². The third-order valence-corrected chi connectivity index (χ3v) is 6.60. The fourth-order valence-corrected chi connectivity index (χ4v) is 4.63. The largest absolute Gasteiger partial charge is 0.573 e. The Morgan fingerprint density at radius 2 is 1.86 bits per heavy atom. The molecule has 0 bridgehead atoms. The number of Topliss-reactive ketones (excluding diaryl/α,β-unsaturated/α-hetero) is 1. The van der Waals surface area contributed by atoms with Crippen LogP contribution in [0.3, 0.4) is 0 Å². The number of nitrogens with one attached hydrogen (secondary N) is 1. The van der Waals surface area contributed by atoms with Crippen LogP contribution < -0.4 is 10.1 Å². The van der Waals surface area contributed by atoms with Crippen LogP contribution in [0.2, 0.25) is 0 Å². The number of hydrogen-bond donors (Lipinski definition) is 1. The van der Waals surface area contributed by atoms with Gasteiger partial charge in [-0.3, -0.25) is 19.4 Å². The van der Waals surface area contributed by atoms with E-state index >= 15 is 0 Å². The highest BCUT2D eigenvalue weighted by Gasteiger charge is 2.35. The number of alkyl halides is 3. The van der Waals surface area contributed by atoms with Crippen molar-refractivity contribution in [3.05, 3.63) is 46.8 Å². The van der Waals surface area contributed by atoms with Crippen molar-refractivity contribution in [3.8, 4) is 5.75 Å². The van der Waals surface area contributed by atoms with Gasteiger partial charge in [-0.05, 0) is 49.9 Å². The third kappa shape index (κ3) is 5.00. The molecule has 1 aliphatic carbocycles. The van der Waals surface area contributed by atoms with E-state index in [9.17, 15) is 27.6 Å². The Morgan fingerprint density at radius 1 is 1.14 bits per heavy atom. The lowest BCUT2D eigenvalue weighted by atomic mass is 10.1. The van der Waals surface area contributed by atoms with Crippen LogP contribution in [0.1, 0.15) is 57.8 Å². The number of amides is 2. The van der Waals surface area contributed by atoms with Gasteiger partial charge in [0.2, 0.25) is 0 Å². The van der Waals surface area contributed by atoms with Crippen molar-refractivity contribution in [3.63, 3.8) is 0 Å². The first-order valence-electron chi connectivity index (χ1n) is 11.9. The van der Waals surface area contributed by atoms with Crippen LogP contribution in [0.25, 0.3) is 0 Å². The zero-order valence-electron chi connectivity index (χ0n) is 19.7. The van der Waals surface area contributed by atoms with Crippen molar-refractivity contribution in [2.24, 2.45) is 5.92 Å². The predicted molar refractivity (Wildman–Crippen MR) is 123 cm³/mol. The maximum atomic E-state index is 13.3. The quantitative estimate of drug-likeness (QED) is 0.614. The number of carbonyl (C=O) groups excluding carboxylic acids is 3. The molecule has 8 nitrogen and oxygen atoms in total. The van der Waals surface area contributed by atoms with Gasteiger partial charge < -0.3 is 19.9 Å². The summed E-state index contributed by atoms with van der Waals surface area (Å²) < 4.78 is 44.0. The second-order valence-corrected chi connectivity index (χ2v) is 9.44. The molecular weight excluding hydrogens is 477 g/mol. The molecular formula is C25H25F3N4O4. The SMILES string of the molecule is CN1Cc2nc(CC(=O)C3CC3)cc(Nc3ccc(C(=O)N4CCCC4)cc3OC(F)(F)F)c2C1=O. The van der Waals surface area contributed by atoms with Crippen molar-refractivity contribution in [2.75, 3.05) is 25.5 Å². The zero-order valence-corrected chi connectivity index (χ0v) is 19.7. The van der Waals surface area contributed by atoms with Gasteiger partial charge in [-0.15, -0.1) is 13.2 Å². The molecule has 190 valence electrons. The van der Waals surface area contributed by atoms with E-state index < -0.39 is 12.1 Å². The molecule has 2 fully saturated rings. The van der Waals surface area contributed by atoms with Crippen molar-refractivity contribution < 1.29 is 32.3 Å². The summed E-state index contributed by atoms with van der Waals surface area (Å²) in [5, 5.41) is 2.89. The first-order valence-corrected chi connectivity index (χ1v) is 11.9. The lowest BCUT2D eigenvalue weighted by Gasteiger charge is -2.19. The highest BCUT2D eigenvalue weighted by molar-refractivity contribution is 6.04. The number of benzene rings is 1. The van der Waals surface area contributed by atoms with E-state index in [1.807, 2.05) is 0 Å². The summed E-state index contributed by atoms with van der Waals surface area (Å²) in [7, 11) is 1.60. The number of anilines is 2. The van der Waals surface area contributed by atoms with Crippen molar-refractivity contribution in [2.45, 2.75) is 45.0 Å². The van der Waals surface area contributed by atoms with Crippen LogP contribution in [0.15, 0.2) is 24.3 Å². The predicted octanol–water partition coefficient (Wildman–Crippen LogP) is 4.07. The van der Waals surface area contributed by atoms with Crippen LogP contribution in [-0.4, -0.2) is 58.9 Å². The normalized spacial score (nSPS) is 17.4.